The SMILES string of the molecule is COc1ccc(OC)c(NC(=O)c2cc(NCc3ccc(C)cc3)ccn2)c1. The molecule has 3 rings (SSSR count). The molecule has 0 unspecified atom stereocenters. The van der Waals surface area contributed by atoms with E-state index in [1.165, 1.54) is 5.56 Å². The molecule has 6 heteroatoms. The predicted octanol–water partition coefficient (Wildman–Crippen LogP) is 4.27. The molecule has 0 saturated carbocycles. The first-order valence-corrected chi connectivity index (χ1v) is 8.88. The summed E-state index contributed by atoms with van der Waals surface area (Å²) in [7, 11) is 3.11. The lowest BCUT2D eigenvalue weighted by Gasteiger charge is -2.12. The van der Waals surface area contributed by atoms with E-state index in [1.807, 2.05) is 6.07 Å². The van der Waals surface area contributed by atoms with Gasteiger partial charge in [-0.1, -0.05) is 29.8 Å². The highest BCUT2D eigenvalue weighted by Gasteiger charge is 2.12. The molecule has 0 atom stereocenters. The Morgan fingerprint density at radius 2 is 1.79 bits per heavy atom. The lowest BCUT2D eigenvalue weighted by atomic mass is 10.1. The van der Waals surface area contributed by atoms with Crippen LogP contribution in [0, 0.1) is 6.92 Å². The fourth-order valence-corrected chi connectivity index (χ4v) is 2.67. The summed E-state index contributed by atoms with van der Waals surface area (Å²) in [5.41, 5.74) is 4.03. The van der Waals surface area contributed by atoms with Crippen LogP contribution < -0.4 is 20.1 Å². The molecule has 1 heterocycles. The van der Waals surface area contributed by atoms with Crippen molar-refractivity contribution in [2.75, 3.05) is 24.9 Å². The summed E-state index contributed by atoms with van der Waals surface area (Å²) in [6, 6.07) is 17.1. The molecule has 0 saturated heterocycles. The molecule has 28 heavy (non-hydrogen) atoms. The normalized spacial score (nSPS) is 10.2. The fourth-order valence-electron chi connectivity index (χ4n) is 2.67. The maximum Gasteiger partial charge on any atom is 0.274 e. The Labute approximate surface area is 164 Å². The van der Waals surface area contributed by atoms with E-state index in [1.54, 1.807) is 44.7 Å². The highest BCUT2D eigenvalue weighted by atomic mass is 16.5. The van der Waals surface area contributed by atoms with E-state index in [9.17, 15) is 4.79 Å². The number of nitrogens with one attached hydrogen (secondary N) is 2. The van der Waals surface area contributed by atoms with Crippen LogP contribution in [0.15, 0.2) is 60.8 Å². The van der Waals surface area contributed by atoms with Gasteiger partial charge >= 0.3 is 0 Å². The number of anilines is 2. The number of methoxy groups -OCH3 is 2. The summed E-state index contributed by atoms with van der Waals surface area (Å²) in [5.74, 6) is 0.839. The molecule has 3 aromatic rings. The Morgan fingerprint density at radius 1 is 1.00 bits per heavy atom. The van der Waals surface area contributed by atoms with Crippen molar-refractivity contribution in [3.8, 4) is 11.5 Å². The van der Waals surface area contributed by atoms with Gasteiger partial charge in [0.15, 0.2) is 0 Å². The van der Waals surface area contributed by atoms with Gasteiger partial charge in [0.05, 0.1) is 19.9 Å². The van der Waals surface area contributed by atoms with Crippen LogP contribution in [0.3, 0.4) is 0 Å². The number of pyridine rings is 1. The highest BCUT2D eigenvalue weighted by Crippen LogP contribution is 2.29. The van der Waals surface area contributed by atoms with Crippen molar-refractivity contribution in [2.24, 2.45) is 0 Å². The van der Waals surface area contributed by atoms with E-state index < -0.39 is 0 Å². The van der Waals surface area contributed by atoms with Crippen LogP contribution in [0.2, 0.25) is 0 Å². The number of aryl methyl sites for hydroxylation is 1. The first kappa shape index (κ1) is 19.2. The zero-order valence-corrected chi connectivity index (χ0v) is 16.2. The van der Waals surface area contributed by atoms with Crippen molar-refractivity contribution in [1.29, 1.82) is 0 Å². The van der Waals surface area contributed by atoms with Crippen LogP contribution in [0.25, 0.3) is 0 Å². The topological polar surface area (TPSA) is 72.5 Å². The van der Waals surface area contributed by atoms with Gasteiger partial charge in [-0.3, -0.25) is 9.78 Å². The molecule has 0 aliphatic carbocycles. The smallest absolute Gasteiger partial charge is 0.274 e. The van der Waals surface area contributed by atoms with E-state index in [0.717, 1.165) is 11.3 Å². The first-order chi connectivity index (χ1) is 13.6. The number of nitrogens with zero attached hydrogens (tertiary/aromatic N) is 1. The minimum Gasteiger partial charge on any atom is -0.497 e. The third kappa shape index (κ3) is 4.79. The number of aromatic nitrogens is 1. The van der Waals surface area contributed by atoms with Gasteiger partial charge in [-0.25, -0.2) is 0 Å². The molecule has 2 N–H and O–H groups in total. The third-order valence-electron chi connectivity index (χ3n) is 4.26. The van der Waals surface area contributed by atoms with Crippen LogP contribution in [0.1, 0.15) is 21.6 Å². The van der Waals surface area contributed by atoms with Crippen molar-refractivity contribution in [1.82, 2.24) is 4.98 Å². The molecule has 0 radical (unpaired) electrons. The standard InChI is InChI=1S/C22H23N3O3/c1-15-4-6-16(7-5-15)14-24-17-10-11-23-20(12-17)22(26)25-19-13-18(27-2)8-9-21(19)28-3/h4-13H,14H2,1-3H3,(H,23,24)(H,25,26). The minimum absolute atomic E-state index is 0.304. The molecule has 144 valence electrons. The van der Waals surface area contributed by atoms with Crippen molar-refractivity contribution >= 4 is 17.3 Å². The molecule has 0 spiro atoms. The lowest BCUT2D eigenvalue weighted by molar-refractivity contribution is 0.102. The zero-order chi connectivity index (χ0) is 19.9. The Hall–Kier alpha value is -3.54. The zero-order valence-electron chi connectivity index (χ0n) is 16.2. The van der Waals surface area contributed by atoms with Crippen molar-refractivity contribution in [2.45, 2.75) is 13.5 Å². The number of ether oxygens (including phenoxy) is 2. The minimum atomic E-state index is -0.328. The number of benzene rings is 2. The molecule has 1 aromatic heterocycles. The molecule has 2 aromatic carbocycles. The molecular weight excluding hydrogens is 354 g/mol. The van der Waals surface area contributed by atoms with E-state index >= 15 is 0 Å². The predicted molar refractivity (Wildman–Crippen MR) is 110 cm³/mol. The van der Waals surface area contributed by atoms with Gasteiger partial charge in [0.2, 0.25) is 0 Å². The van der Waals surface area contributed by atoms with Crippen LogP contribution in [-0.4, -0.2) is 25.1 Å². The van der Waals surface area contributed by atoms with Crippen molar-refractivity contribution in [3.05, 3.63) is 77.6 Å². The lowest BCUT2D eigenvalue weighted by Crippen LogP contribution is -2.15. The largest absolute Gasteiger partial charge is 0.497 e. The summed E-state index contributed by atoms with van der Waals surface area (Å²) in [6.45, 7) is 2.72. The Morgan fingerprint density at radius 3 is 2.50 bits per heavy atom. The second kappa shape index (κ2) is 8.90. The summed E-state index contributed by atoms with van der Waals surface area (Å²) >= 11 is 0. The van der Waals surface area contributed by atoms with Gasteiger partial charge < -0.3 is 20.1 Å². The van der Waals surface area contributed by atoms with Crippen molar-refractivity contribution < 1.29 is 14.3 Å². The van der Waals surface area contributed by atoms with E-state index in [4.69, 9.17) is 9.47 Å². The average Bonchev–Trinajstić information content (AvgIpc) is 2.73. The second-order valence-electron chi connectivity index (χ2n) is 6.29. The molecule has 1 amide bonds. The Bertz CT molecular complexity index is 955. The summed E-state index contributed by atoms with van der Waals surface area (Å²) < 4.78 is 10.5. The Balaban J connectivity index is 1.71. The van der Waals surface area contributed by atoms with Crippen LogP contribution in [0.5, 0.6) is 11.5 Å². The molecule has 6 nitrogen and oxygen atoms in total. The summed E-state index contributed by atoms with van der Waals surface area (Å²) in [6.07, 6.45) is 1.61. The van der Waals surface area contributed by atoms with Crippen LogP contribution in [-0.2, 0) is 6.54 Å². The number of carbonyl (C=O) groups is 1. The average molecular weight is 377 g/mol. The number of hydrogen-bond acceptors (Lipinski definition) is 5. The number of carbonyl (C=O) groups excluding carboxylic acids is 1. The third-order valence-corrected chi connectivity index (χ3v) is 4.26. The van der Waals surface area contributed by atoms with E-state index in [0.29, 0.717) is 29.4 Å². The summed E-state index contributed by atoms with van der Waals surface area (Å²) in [5, 5.41) is 6.14. The van der Waals surface area contributed by atoms with Gasteiger partial charge in [0, 0.05) is 24.5 Å². The van der Waals surface area contributed by atoms with Gasteiger partial charge in [-0.05, 0) is 36.8 Å². The van der Waals surface area contributed by atoms with Gasteiger partial charge in [-0.2, -0.15) is 0 Å². The maximum atomic E-state index is 12.6. The number of rotatable bonds is 7. The molecule has 0 aliphatic rings. The van der Waals surface area contributed by atoms with Gasteiger partial charge in [-0.15, -0.1) is 0 Å². The van der Waals surface area contributed by atoms with Crippen LogP contribution in [0.4, 0.5) is 11.4 Å². The van der Waals surface area contributed by atoms with E-state index in [-0.39, 0.29) is 5.91 Å². The van der Waals surface area contributed by atoms with Gasteiger partial charge in [0.1, 0.15) is 17.2 Å². The number of amides is 1. The molecule has 0 bridgehead atoms. The summed E-state index contributed by atoms with van der Waals surface area (Å²) in [4.78, 5) is 16.8. The first-order valence-electron chi connectivity index (χ1n) is 8.88. The monoisotopic (exact) mass is 377 g/mol. The Kier molecular flexibility index (Phi) is 6.11. The second-order valence-corrected chi connectivity index (χ2v) is 6.29. The molecule has 0 fully saturated rings. The molecular formula is C22H23N3O3. The maximum absolute atomic E-state index is 12.6. The van der Waals surface area contributed by atoms with Crippen molar-refractivity contribution in [3.63, 3.8) is 0 Å². The van der Waals surface area contributed by atoms with Crippen LogP contribution >= 0.6 is 0 Å². The number of hydrogen-bond donors (Lipinski definition) is 2. The van der Waals surface area contributed by atoms with Gasteiger partial charge in [0.25, 0.3) is 5.91 Å². The highest BCUT2D eigenvalue weighted by molar-refractivity contribution is 6.04. The fraction of sp³-hybridized carbons (Fsp3) is 0.182. The quantitative estimate of drug-likeness (QED) is 0.643. The molecule has 0 aliphatic heterocycles. The van der Waals surface area contributed by atoms with E-state index in [2.05, 4.69) is 46.8 Å².